The molecule has 0 saturated carbocycles. The Labute approximate surface area is 127 Å². The number of fused-ring (bicyclic) bond motifs is 1. The smallest absolute Gasteiger partial charge is 0.231 e. The molecule has 2 rings (SSSR count). The number of ether oxygens (including phenoxy) is 3. The van der Waals surface area contributed by atoms with Crippen LogP contribution < -0.4 is 14.8 Å². The Balaban J connectivity index is 1.98. The second-order valence-electron chi connectivity index (χ2n) is 6.00. The minimum absolute atomic E-state index is 0.180. The maximum atomic E-state index is 6.01. The lowest BCUT2D eigenvalue weighted by Gasteiger charge is -2.22. The van der Waals surface area contributed by atoms with Crippen molar-refractivity contribution in [3.8, 4) is 11.5 Å². The zero-order valence-electron chi connectivity index (χ0n) is 13.5. The van der Waals surface area contributed by atoms with Crippen molar-refractivity contribution in [2.75, 3.05) is 19.9 Å². The van der Waals surface area contributed by atoms with E-state index >= 15 is 0 Å². The standard InChI is InChI=1S/C17H27NO3/c1-5-18-15(10-19-13(4)8-12(2)3)14-6-7-16-17(9-14)21-11-20-16/h6-7,9,12-13,15,18H,5,8,10-11H2,1-4H3. The predicted molar refractivity (Wildman–Crippen MR) is 83.9 cm³/mol. The fourth-order valence-electron chi connectivity index (χ4n) is 2.64. The minimum atomic E-state index is 0.180. The van der Waals surface area contributed by atoms with Gasteiger partial charge < -0.3 is 19.5 Å². The van der Waals surface area contributed by atoms with E-state index in [2.05, 4.69) is 39.1 Å². The fourth-order valence-corrected chi connectivity index (χ4v) is 2.64. The molecule has 1 N–H and O–H groups in total. The molecule has 1 aliphatic heterocycles. The van der Waals surface area contributed by atoms with Gasteiger partial charge in [0, 0.05) is 0 Å². The first kappa shape index (κ1) is 16.1. The Morgan fingerprint density at radius 3 is 2.67 bits per heavy atom. The van der Waals surface area contributed by atoms with Crippen LogP contribution in [0.5, 0.6) is 11.5 Å². The van der Waals surface area contributed by atoms with Crippen LogP contribution in [0.25, 0.3) is 0 Å². The number of benzene rings is 1. The zero-order chi connectivity index (χ0) is 15.2. The summed E-state index contributed by atoms with van der Waals surface area (Å²) in [5.41, 5.74) is 1.18. The number of likely N-dealkylation sites (N-methyl/N-ethyl adjacent to an activating group) is 1. The normalized spacial score (nSPS) is 16.2. The van der Waals surface area contributed by atoms with E-state index in [0.29, 0.717) is 19.3 Å². The molecule has 0 aliphatic carbocycles. The second-order valence-corrected chi connectivity index (χ2v) is 6.00. The molecule has 1 aromatic carbocycles. The van der Waals surface area contributed by atoms with Gasteiger partial charge in [0.05, 0.1) is 18.8 Å². The van der Waals surface area contributed by atoms with Crippen molar-refractivity contribution in [3.05, 3.63) is 23.8 Å². The lowest BCUT2D eigenvalue weighted by atomic mass is 10.1. The monoisotopic (exact) mass is 293 g/mol. The minimum Gasteiger partial charge on any atom is -0.454 e. The summed E-state index contributed by atoms with van der Waals surface area (Å²) >= 11 is 0. The molecular weight excluding hydrogens is 266 g/mol. The van der Waals surface area contributed by atoms with Gasteiger partial charge in [0.2, 0.25) is 6.79 Å². The van der Waals surface area contributed by atoms with Crippen LogP contribution >= 0.6 is 0 Å². The molecule has 0 spiro atoms. The van der Waals surface area contributed by atoms with Gasteiger partial charge >= 0.3 is 0 Å². The topological polar surface area (TPSA) is 39.7 Å². The largest absolute Gasteiger partial charge is 0.454 e. The summed E-state index contributed by atoms with van der Waals surface area (Å²) in [6.45, 7) is 10.6. The first-order valence-corrected chi connectivity index (χ1v) is 7.84. The maximum Gasteiger partial charge on any atom is 0.231 e. The average molecular weight is 293 g/mol. The highest BCUT2D eigenvalue weighted by Crippen LogP contribution is 2.34. The first-order valence-electron chi connectivity index (χ1n) is 7.84. The molecule has 0 bridgehead atoms. The fraction of sp³-hybridized carbons (Fsp3) is 0.647. The molecule has 1 heterocycles. The van der Waals surface area contributed by atoms with Crippen molar-refractivity contribution >= 4 is 0 Å². The number of nitrogens with one attached hydrogen (secondary N) is 1. The van der Waals surface area contributed by atoms with Gasteiger partial charge in [-0.1, -0.05) is 26.8 Å². The molecule has 0 fully saturated rings. The molecule has 21 heavy (non-hydrogen) atoms. The molecule has 1 aliphatic rings. The van der Waals surface area contributed by atoms with E-state index < -0.39 is 0 Å². The molecule has 2 atom stereocenters. The van der Waals surface area contributed by atoms with Crippen molar-refractivity contribution in [2.45, 2.75) is 46.3 Å². The molecule has 0 amide bonds. The first-order chi connectivity index (χ1) is 10.1. The zero-order valence-corrected chi connectivity index (χ0v) is 13.5. The summed E-state index contributed by atoms with van der Waals surface area (Å²) in [6.07, 6.45) is 1.36. The molecule has 0 radical (unpaired) electrons. The third-order valence-corrected chi connectivity index (χ3v) is 3.60. The summed E-state index contributed by atoms with van der Waals surface area (Å²) in [5, 5.41) is 3.48. The van der Waals surface area contributed by atoms with Crippen LogP contribution in [0.3, 0.4) is 0 Å². The summed E-state index contributed by atoms with van der Waals surface area (Å²) in [6, 6.07) is 6.28. The van der Waals surface area contributed by atoms with Crippen LogP contribution in [0.4, 0.5) is 0 Å². The third-order valence-electron chi connectivity index (χ3n) is 3.60. The van der Waals surface area contributed by atoms with E-state index in [4.69, 9.17) is 14.2 Å². The van der Waals surface area contributed by atoms with E-state index in [1.165, 1.54) is 5.56 Å². The van der Waals surface area contributed by atoms with E-state index in [1.54, 1.807) is 0 Å². The SMILES string of the molecule is CCNC(COC(C)CC(C)C)c1ccc2c(c1)OCO2. The van der Waals surface area contributed by atoms with Crippen molar-refractivity contribution in [3.63, 3.8) is 0 Å². The number of hydrogen-bond acceptors (Lipinski definition) is 4. The average Bonchev–Trinajstić information content (AvgIpc) is 2.90. The van der Waals surface area contributed by atoms with Gasteiger partial charge in [-0.05, 0) is 43.5 Å². The van der Waals surface area contributed by atoms with Gasteiger partial charge in [0.1, 0.15) is 0 Å². The Morgan fingerprint density at radius 2 is 1.95 bits per heavy atom. The summed E-state index contributed by atoms with van der Waals surface area (Å²) in [7, 11) is 0. The summed E-state index contributed by atoms with van der Waals surface area (Å²) in [4.78, 5) is 0. The van der Waals surface area contributed by atoms with E-state index in [9.17, 15) is 0 Å². The van der Waals surface area contributed by atoms with Crippen LogP contribution in [0.1, 0.15) is 45.7 Å². The van der Waals surface area contributed by atoms with Crippen LogP contribution in [0, 0.1) is 5.92 Å². The van der Waals surface area contributed by atoms with Crippen LogP contribution in [0.15, 0.2) is 18.2 Å². The van der Waals surface area contributed by atoms with Gasteiger partial charge in [-0.25, -0.2) is 0 Å². The van der Waals surface area contributed by atoms with Crippen molar-refractivity contribution in [1.82, 2.24) is 5.32 Å². The Morgan fingerprint density at radius 1 is 1.19 bits per heavy atom. The Kier molecular flexibility index (Phi) is 5.88. The molecule has 4 heteroatoms. The molecule has 1 aromatic rings. The lowest BCUT2D eigenvalue weighted by Crippen LogP contribution is -2.27. The van der Waals surface area contributed by atoms with Crippen molar-refractivity contribution in [2.24, 2.45) is 5.92 Å². The second kappa shape index (κ2) is 7.66. The van der Waals surface area contributed by atoms with Gasteiger partial charge in [0.25, 0.3) is 0 Å². The maximum absolute atomic E-state index is 6.01. The predicted octanol–water partition coefficient (Wildman–Crippen LogP) is 3.52. The quantitative estimate of drug-likeness (QED) is 0.796. The van der Waals surface area contributed by atoms with Crippen LogP contribution in [-0.2, 0) is 4.74 Å². The molecule has 2 unspecified atom stereocenters. The summed E-state index contributed by atoms with van der Waals surface area (Å²) in [5.74, 6) is 2.30. The van der Waals surface area contributed by atoms with Crippen molar-refractivity contribution < 1.29 is 14.2 Å². The molecule has 0 aromatic heterocycles. The third kappa shape index (κ3) is 4.61. The van der Waals surface area contributed by atoms with Gasteiger partial charge in [-0.15, -0.1) is 0 Å². The number of rotatable bonds is 8. The number of hydrogen-bond donors (Lipinski definition) is 1. The molecule has 118 valence electrons. The lowest BCUT2D eigenvalue weighted by molar-refractivity contribution is 0.0373. The van der Waals surface area contributed by atoms with Crippen LogP contribution in [0.2, 0.25) is 0 Å². The highest BCUT2D eigenvalue weighted by atomic mass is 16.7. The van der Waals surface area contributed by atoms with E-state index in [-0.39, 0.29) is 12.1 Å². The van der Waals surface area contributed by atoms with Gasteiger partial charge in [-0.3, -0.25) is 0 Å². The molecular formula is C17H27NO3. The van der Waals surface area contributed by atoms with Gasteiger partial charge in [-0.2, -0.15) is 0 Å². The highest BCUT2D eigenvalue weighted by Gasteiger charge is 2.18. The van der Waals surface area contributed by atoms with Crippen LogP contribution in [-0.4, -0.2) is 26.0 Å². The molecule has 0 saturated heterocycles. The Hall–Kier alpha value is -1.26. The highest BCUT2D eigenvalue weighted by molar-refractivity contribution is 5.45. The van der Waals surface area contributed by atoms with E-state index in [0.717, 1.165) is 24.5 Å². The van der Waals surface area contributed by atoms with Crippen molar-refractivity contribution in [1.29, 1.82) is 0 Å². The Bertz CT molecular complexity index is 448. The summed E-state index contributed by atoms with van der Waals surface area (Å²) < 4.78 is 16.8. The van der Waals surface area contributed by atoms with Gasteiger partial charge in [0.15, 0.2) is 11.5 Å². The molecule has 4 nitrogen and oxygen atoms in total. The van der Waals surface area contributed by atoms with E-state index in [1.807, 2.05) is 12.1 Å².